The van der Waals surface area contributed by atoms with E-state index in [2.05, 4.69) is 4.74 Å². The van der Waals surface area contributed by atoms with E-state index in [-0.39, 0.29) is 6.54 Å². The predicted octanol–water partition coefficient (Wildman–Crippen LogP) is 1.67. The minimum absolute atomic E-state index is 0.273. The van der Waals surface area contributed by atoms with Gasteiger partial charge in [-0.25, -0.2) is 4.79 Å². The van der Waals surface area contributed by atoms with Crippen molar-refractivity contribution in [1.82, 2.24) is 4.90 Å². The average molecular weight is 222 g/mol. The molecule has 0 aromatic rings. The summed E-state index contributed by atoms with van der Waals surface area (Å²) in [5, 5.41) is 8.59. The number of halogens is 3. The Bertz CT molecular complexity index is 285. The molecule has 0 bridgehead atoms. The summed E-state index contributed by atoms with van der Waals surface area (Å²) in [5.74, 6) is 0. The number of hydrogen-bond acceptors (Lipinski definition) is 3. The van der Waals surface area contributed by atoms with E-state index in [0.29, 0.717) is 12.8 Å². The van der Waals surface area contributed by atoms with Crippen molar-refractivity contribution in [2.24, 2.45) is 0 Å². The van der Waals surface area contributed by atoms with Crippen molar-refractivity contribution in [3.05, 3.63) is 0 Å². The van der Waals surface area contributed by atoms with Gasteiger partial charge in [0, 0.05) is 6.54 Å². The average Bonchev–Trinajstić information content (AvgIpc) is 2.60. The van der Waals surface area contributed by atoms with E-state index in [1.54, 1.807) is 0 Å². The van der Waals surface area contributed by atoms with Crippen LogP contribution in [-0.2, 0) is 4.74 Å². The maximum Gasteiger partial charge on any atom is 0.422 e. The van der Waals surface area contributed by atoms with Crippen molar-refractivity contribution in [2.75, 3.05) is 13.2 Å². The smallest absolute Gasteiger partial charge is 0.422 e. The van der Waals surface area contributed by atoms with Crippen LogP contribution in [0.3, 0.4) is 0 Å². The summed E-state index contributed by atoms with van der Waals surface area (Å²) in [6.45, 7) is -1.34. The first kappa shape index (κ1) is 11.6. The molecular formula is C8H9F3N2O2. The van der Waals surface area contributed by atoms with E-state index in [4.69, 9.17) is 5.26 Å². The normalized spacial score (nSPS) is 21.2. The lowest BCUT2D eigenvalue weighted by Gasteiger charge is -2.19. The van der Waals surface area contributed by atoms with E-state index in [0.717, 1.165) is 4.90 Å². The predicted molar refractivity (Wildman–Crippen MR) is 42.7 cm³/mol. The molecule has 15 heavy (non-hydrogen) atoms. The van der Waals surface area contributed by atoms with Crippen molar-refractivity contribution in [3.63, 3.8) is 0 Å². The molecule has 1 atom stereocenters. The summed E-state index contributed by atoms with van der Waals surface area (Å²) in [6, 6.07) is 1.17. The number of carbonyl (C=O) groups is 1. The van der Waals surface area contributed by atoms with Crippen LogP contribution in [0.25, 0.3) is 0 Å². The molecule has 0 N–H and O–H groups in total. The molecule has 1 rings (SSSR count). The summed E-state index contributed by atoms with van der Waals surface area (Å²) in [6.07, 6.45) is -4.51. The maximum absolute atomic E-state index is 11.7. The fraction of sp³-hybridized carbons (Fsp3) is 0.750. The highest BCUT2D eigenvalue weighted by Gasteiger charge is 2.34. The molecule has 0 radical (unpaired) electrons. The lowest BCUT2D eigenvalue weighted by Crippen LogP contribution is -2.36. The lowest BCUT2D eigenvalue weighted by atomic mass is 10.2. The molecule has 0 spiro atoms. The molecule has 0 aromatic carbocycles. The second-order valence-electron chi connectivity index (χ2n) is 3.15. The highest BCUT2D eigenvalue weighted by atomic mass is 19.4. The molecule has 0 saturated carbocycles. The standard InChI is InChI=1S/C8H9F3N2O2/c9-8(10,11)5-15-7(14)13-3-1-2-6(13)4-12/h6H,1-3,5H2/t6-/m0/s1. The van der Waals surface area contributed by atoms with Crippen molar-refractivity contribution in [1.29, 1.82) is 5.26 Å². The zero-order valence-corrected chi connectivity index (χ0v) is 7.75. The zero-order chi connectivity index (χ0) is 11.5. The topological polar surface area (TPSA) is 53.3 Å². The number of alkyl halides is 3. The van der Waals surface area contributed by atoms with Crippen LogP contribution in [0.1, 0.15) is 12.8 Å². The van der Waals surface area contributed by atoms with Gasteiger partial charge in [-0.15, -0.1) is 0 Å². The lowest BCUT2D eigenvalue weighted by molar-refractivity contribution is -0.162. The van der Waals surface area contributed by atoms with Gasteiger partial charge >= 0.3 is 12.3 Å². The third kappa shape index (κ3) is 3.31. The second kappa shape index (κ2) is 4.38. The third-order valence-corrected chi connectivity index (χ3v) is 2.00. The first-order valence-electron chi connectivity index (χ1n) is 4.34. The number of carbonyl (C=O) groups excluding carboxylic acids is 1. The highest BCUT2D eigenvalue weighted by molar-refractivity contribution is 5.69. The van der Waals surface area contributed by atoms with Gasteiger partial charge in [0.25, 0.3) is 0 Å². The van der Waals surface area contributed by atoms with Crippen molar-refractivity contribution in [3.8, 4) is 6.07 Å². The summed E-state index contributed by atoms with van der Waals surface area (Å²) in [5.41, 5.74) is 0. The van der Waals surface area contributed by atoms with Crippen molar-refractivity contribution in [2.45, 2.75) is 25.1 Å². The molecule has 1 fully saturated rings. The zero-order valence-electron chi connectivity index (χ0n) is 7.75. The Balaban J connectivity index is 2.44. The van der Waals surface area contributed by atoms with Crippen LogP contribution in [-0.4, -0.2) is 36.4 Å². The van der Waals surface area contributed by atoms with Crippen molar-refractivity contribution < 1.29 is 22.7 Å². The van der Waals surface area contributed by atoms with Crippen LogP contribution in [0.2, 0.25) is 0 Å². The van der Waals surface area contributed by atoms with Crippen LogP contribution in [0.5, 0.6) is 0 Å². The summed E-state index contributed by atoms with van der Waals surface area (Å²) < 4.78 is 39.2. The first-order chi connectivity index (χ1) is 6.94. The Morgan fingerprint density at radius 3 is 2.80 bits per heavy atom. The first-order valence-corrected chi connectivity index (χ1v) is 4.34. The molecule has 0 unspecified atom stereocenters. The van der Waals surface area contributed by atoms with Crippen LogP contribution >= 0.6 is 0 Å². The molecule has 84 valence electrons. The monoisotopic (exact) mass is 222 g/mol. The summed E-state index contributed by atoms with van der Waals surface area (Å²) in [4.78, 5) is 12.1. The molecule has 1 heterocycles. The minimum Gasteiger partial charge on any atom is -0.440 e. The Kier molecular flexibility index (Phi) is 3.39. The Labute approximate surface area is 84.2 Å². The quantitative estimate of drug-likeness (QED) is 0.678. The van der Waals surface area contributed by atoms with E-state index in [1.807, 2.05) is 6.07 Å². The van der Waals surface area contributed by atoms with Crippen LogP contribution < -0.4 is 0 Å². The number of rotatable bonds is 1. The Morgan fingerprint density at radius 1 is 1.60 bits per heavy atom. The number of ether oxygens (including phenoxy) is 1. The van der Waals surface area contributed by atoms with Crippen LogP contribution in [0.15, 0.2) is 0 Å². The molecule has 0 aliphatic carbocycles. The number of hydrogen-bond donors (Lipinski definition) is 0. The van der Waals surface area contributed by atoms with Crippen molar-refractivity contribution >= 4 is 6.09 Å². The number of likely N-dealkylation sites (tertiary alicyclic amines) is 1. The van der Waals surface area contributed by atoms with E-state index in [9.17, 15) is 18.0 Å². The Hall–Kier alpha value is -1.45. The minimum atomic E-state index is -4.53. The highest BCUT2D eigenvalue weighted by Crippen LogP contribution is 2.19. The number of amides is 1. The molecule has 0 aromatic heterocycles. The second-order valence-corrected chi connectivity index (χ2v) is 3.15. The largest absolute Gasteiger partial charge is 0.440 e. The van der Waals surface area contributed by atoms with Crippen LogP contribution in [0, 0.1) is 11.3 Å². The molecule has 1 aliphatic rings. The third-order valence-electron chi connectivity index (χ3n) is 2.00. The van der Waals surface area contributed by atoms with Gasteiger partial charge in [0.15, 0.2) is 6.61 Å². The van der Waals surface area contributed by atoms with Gasteiger partial charge in [0.1, 0.15) is 6.04 Å². The van der Waals surface area contributed by atoms with E-state index < -0.39 is 24.9 Å². The van der Waals surface area contributed by atoms with Gasteiger partial charge < -0.3 is 4.74 Å². The van der Waals surface area contributed by atoms with Gasteiger partial charge in [0.05, 0.1) is 6.07 Å². The molecule has 1 aliphatic heterocycles. The Morgan fingerprint density at radius 2 is 2.27 bits per heavy atom. The molecule has 1 saturated heterocycles. The van der Waals surface area contributed by atoms with E-state index in [1.165, 1.54) is 0 Å². The van der Waals surface area contributed by atoms with E-state index >= 15 is 0 Å². The molecular weight excluding hydrogens is 213 g/mol. The summed E-state index contributed by atoms with van der Waals surface area (Å²) >= 11 is 0. The molecule has 7 heteroatoms. The van der Waals surface area contributed by atoms with Gasteiger partial charge in [-0.3, -0.25) is 4.90 Å². The fourth-order valence-corrected chi connectivity index (χ4v) is 1.35. The number of nitrogens with zero attached hydrogens (tertiary/aromatic N) is 2. The SMILES string of the molecule is N#C[C@@H]1CCCN1C(=O)OCC(F)(F)F. The summed E-state index contributed by atoms with van der Waals surface area (Å²) in [7, 11) is 0. The van der Waals surface area contributed by atoms with Gasteiger partial charge in [-0.2, -0.15) is 18.4 Å². The maximum atomic E-state index is 11.7. The van der Waals surface area contributed by atoms with Gasteiger partial charge in [-0.1, -0.05) is 0 Å². The fourth-order valence-electron chi connectivity index (χ4n) is 1.35. The van der Waals surface area contributed by atoms with Gasteiger partial charge in [0.2, 0.25) is 0 Å². The van der Waals surface area contributed by atoms with Gasteiger partial charge in [-0.05, 0) is 12.8 Å². The molecule has 1 amide bonds. The number of nitriles is 1. The molecule has 4 nitrogen and oxygen atoms in total. The van der Waals surface area contributed by atoms with Crippen LogP contribution in [0.4, 0.5) is 18.0 Å².